The van der Waals surface area contributed by atoms with E-state index in [-0.39, 0.29) is 24.4 Å². The molecule has 1 fully saturated rings. The Labute approximate surface area is 139 Å². The van der Waals surface area contributed by atoms with Crippen LogP contribution in [-0.2, 0) is 11.3 Å². The molecule has 126 valence electrons. The van der Waals surface area contributed by atoms with Crippen LogP contribution in [0.5, 0.6) is 0 Å². The van der Waals surface area contributed by atoms with Gasteiger partial charge in [0.1, 0.15) is 12.4 Å². The van der Waals surface area contributed by atoms with Crippen molar-refractivity contribution in [1.29, 1.82) is 0 Å². The standard InChI is InChI=1S/C17H19FN4O2/c18-13-7-5-12(6-8-13)17(24)21-15-9-19-22(10-15)11-16(23)20-14-3-1-2-4-14/h5-10,14H,1-4,11H2,(H,20,23)(H,21,24). The summed E-state index contributed by atoms with van der Waals surface area (Å²) >= 11 is 0. The summed E-state index contributed by atoms with van der Waals surface area (Å²) in [6, 6.07) is 5.54. The Morgan fingerprint density at radius 3 is 2.62 bits per heavy atom. The quantitative estimate of drug-likeness (QED) is 0.883. The van der Waals surface area contributed by atoms with Gasteiger partial charge in [-0.15, -0.1) is 0 Å². The van der Waals surface area contributed by atoms with E-state index in [1.54, 1.807) is 6.20 Å². The number of benzene rings is 1. The number of amides is 2. The third-order valence-corrected chi connectivity index (χ3v) is 4.02. The molecule has 1 heterocycles. The van der Waals surface area contributed by atoms with Crippen LogP contribution in [0.3, 0.4) is 0 Å². The monoisotopic (exact) mass is 330 g/mol. The van der Waals surface area contributed by atoms with Crippen molar-refractivity contribution in [2.45, 2.75) is 38.3 Å². The molecule has 0 aliphatic heterocycles. The van der Waals surface area contributed by atoms with Gasteiger partial charge in [-0.3, -0.25) is 14.3 Å². The zero-order valence-corrected chi connectivity index (χ0v) is 13.2. The van der Waals surface area contributed by atoms with Crippen LogP contribution in [0.4, 0.5) is 10.1 Å². The second-order valence-corrected chi connectivity index (χ2v) is 5.94. The Hall–Kier alpha value is -2.70. The minimum atomic E-state index is -0.396. The number of nitrogens with zero attached hydrogens (tertiary/aromatic N) is 2. The lowest BCUT2D eigenvalue weighted by atomic mass is 10.2. The first-order valence-corrected chi connectivity index (χ1v) is 7.99. The smallest absolute Gasteiger partial charge is 0.255 e. The molecule has 1 aromatic heterocycles. The molecule has 7 heteroatoms. The SMILES string of the molecule is O=C(Cn1cc(NC(=O)c2ccc(F)cc2)cn1)NC1CCCC1. The van der Waals surface area contributed by atoms with Gasteiger partial charge in [-0.2, -0.15) is 5.10 Å². The van der Waals surface area contributed by atoms with Gasteiger partial charge in [-0.1, -0.05) is 12.8 Å². The van der Waals surface area contributed by atoms with Crippen molar-refractivity contribution in [3.63, 3.8) is 0 Å². The van der Waals surface area contributed by atoms with Gasteiger partial charge >= 0.3 is 0 Å². The molecular formula is C17H19FN4O2. The van der Waals surface area contributed by atoms with Gasteiger partial charge < -0.3 is 10.6 Å². The number of nitrogens with one attached hydrogen (secondary N) is 2. The minimum Gasteiger partial charge on any atom is -0.352 e. The maximum absolute atomic E-state index is 12.9. The zero-order chi connectivity index (χ0) is 16.9. The summed E-state index contributed by atoms with van der Waals surface area (Å²) in [5.74, 6) is -0.834. The average molecular weight is 330 g/mol. The molecule has 0 unspecified atom stereocenters. The van der Waals surface area contributed by atoms with Crippen LogP contribution >= 0.6 is 0 Å². The van der Waals surface area contributed by atoms with Gasteiger partial charge in [-0.25, -0.2) is 4.39 Å². The average Bonchev–Trinajstić information content (AvgIpc) is 3.20. The van der Waals surface area contributed by atoms with Gasteiger partial charge in [0.2, 0.25) is 5.91 Å². The summed E-state index contributed by atoms with van der Waals surface area (Å²) < 4.78 is 14.3. The first-order chi connectivity index (χ1) is 11.6. The Bertz CT molecular complexity index is 720. The van der Waals surface area contributed by atoms with E-state index in [2.05, 4.69) is 15.7 Å². The van der Waals surface area contributed by atoms with Crippen molar-refractivity contribution in [3.05, 3.63) is 48.0 Å². The molecule has 0 spiro atoms. The van der Waals surface area contributed by atoms with Gasteiger partial charge in [-0.05, 0) is 37.1 Å². The van der Waals surface area contributed by atoms with Crippen LogP contribution in [0.15, 0.2) is 36.7 Å². The Morgan fingerprint density at radius 2 is 1.92 bits per heavy atom. The molecule has 1 aliphatic rings. The largest absolute Gasteiger partial charge is 0.352 e. The lowest BCUT2D eigenvalue weighted by Gasteiger charge is -2.11. The number of carbonyl (C=O) groups excluding carboxylic acids is 2. The van der Waals surface area contributed by atoms with E-state index < -0.39 is 5.82 Å². The Kier molecular flexibility index (Phi) is 4.88. The number of anilines is 1. The van der Waals surface area contributed by atoms with Crippen LogP contribution in [0.25, 0.3) is 0 Å². The Balaban J connectivity index is 1.54. The number of hydrogen-bond donors (Lipinski definition) is 2. The van der Waals surface area contributed by atoms with Crippen molar-refractivity contribution in [1.82, 2.24) is 15.1 Å². The number of hydrogen-bond acceptors (Lipinski definition) is 3. The number of halogens is 1. The van der Waals surface area contributed by atoms with E-state index in [9.17, 15) is 14.0 Å². The molecule has 2 N–H and O–H groups in total. The van der Waals surface area contributed by atoms with Gasteiger partial charge in [0.15, 0.2) is 0 Å². The fraction of sp³-hybridized carbons (Fsp3) is 0.353. The van der Waals surface area contributed by atoms with E-state index in [0.717, 1.165) is 25.7 Å². The summed E-state index contributed by atoms with van der Waals surface area (Å²) in [5.41, 5.74) is 0.834. The highest BCUT2D eigenvalue weighted by Crippen LogP contribution is 2.17. The maximum Gasteiger partial charge on any atom is 0.255 e. The first-order valence-electron chi connectivity index (χ1n) is 7.99. The van der Waals surface area contributed by atoms with Crippen LogP contribution in [0, 0.1) is 5.82 Å². The Morgan fingerprint density at radius 1 is 1.21 bits per heavy atom. The van der Waals surface area contributed by atoms with Crippen LogP contribution in [0.2, 0.25) is 0 Å². The molecule has 0 atom stereocenters. The van der Waals surface area contributed by atoms with E-state index in [0.29, 0.717) is 11.3 Å². The predicted octanol–water partition coefficient (Wildman–Crippen LogP) is 2.33. The summed E-state index contributed by atoms with van der Waals surface area (Å²) in [7, 11) is 0. The van der Waals surface area contributed by atoms with Crippen molar-refractivity contribution < 1.29 is 14.0 Å². The molecule has 6 nitrogen and oxygen atoms in total. The minimum absolute atomic E-state index is 0.0820. The van der Waals surface area contributed by atoms with Crippen LogP contribution in [0.1, 0.15) is 36.0 Å². The third kappa shape index (κ3) is 4.18. The topological polar surface area (TPSA) is 76.0 Å². The van der Waals surface area contributed by atoms with Crippen molar-refractivity contribution in [2.24, 2.45) is 0 Å². The van der Waals surface area contributed by atoms with E-state index in [1.807, 2.05) is 0 Å². The van der Waals surface area contributed by atoms with Crippen LogP contribution < -0.4 is 10.6 Å². The molecule has 2 aromatic rings. The molecule has 1 aliphatic carbocycles. The molecule has 0 saturated heterocycles. The highest BCUT2D eigenvalue weighted by molar-refractivity contribution is 6.04. The summed E-state index contributed by atoms with van der Waals surface area (Å²) in [6.07, 6.45) is 7.45. The van der Waals surface area contributed by atoms with E-state index in [4.69, 9.17) is 0 Å². The molecule has 2 amide bonds. The van der Waals surface area contributed by atoms with Gasteiger partial charge in [0.25, 0.3) is 5.91 Å². The maximum atomic E-state index is 12.9. The summed E-state index contributed by atoms with van der Waals surface area (Å²) in [4.78, 5) is 24.0. The lowest BCUT2D eigenvalue weighted by molar-refractivity contribution is -0.122. The van der Waals surface area contributed by atoms with Crippen LogP contribution in [-0.4, -0.2) is 27.6 Å². The second-order valence-electron chi connectivity index (χ2n) is 5.94. The summed E-state index contributed by atoms with van der Waals surface area (Å²) in [6.45, 7) is 0.114. The molecule has 3 rings (SSSR count). The number of carbonyl (C=O) groups is 2. The molecule has 1 saturated carbocycles. The fourth-order valence-electron chi connectivity index (χ4n) is 2.81. The molecule has 1 aromatic carbocycles. The summed E-state index contributed by atoms with van der Waals surface area (Å²) in [5, 5.41) is 9.73. The number of rotatable bonds is 5. The zero-order valence-electron chi connectivity index (χ0n) is 13.2. The van der Waals surface area contributed by atoms with Crippen molar-refractivity contribution in [3.8, 4) is 0 Å². The normalized spacial score (nSPS) is 14.5. The highest BCUT2D eigenvalue weighted by atomic mass is 19.1. The lowest BCUT2D eigenvalue weighted by Crippen LogP contribution is -2.35. The van der Waals surface area contributed by atoms with Crippen molar-refractivity contribution >= 4 is 17.5 Å². The third-order valence-electron chi connectivity index (χ3n) is 4.02. The highest BCUT2D eigenvalue weighted by Gasteiger charge is 2.17. The van der Waals surface area contributed by atoms with E-state index in [1.165, 1.54) is 35.1 Å². The van der Waals surface area contributed by atoms with Gasteiger partial charge in [0.05, 0.1) is 11.9 Å². The molecule has 0 radical (unpaired) electrons. The molecule has 0 bridgehead atoms. The second kappa shape index (κ2) is 7.25. The predicted molar refractivity (Wildman–Crippen MR) is 87.0 cm³/mol. The van der Waals surface area contributed by atoms with E-state index >= 15 is 0 Å². The van der Waals surface area contributed by atoms with Gasteiger partial charge in [0, 0.05) is 17.8 Å². The molecule has 24 heavy (non-hydrogen) atoms. The fourth-order valence-corrected chi connectivity index (χ4v) is 2.81. The number of aromatic nitrogens is 2. The molecular weight excluding hydrogens is 311 g/mol. The first kappa shape index (κ1) is 16.2. The van der Waals surface area contributed by atoms with Crippen molar-refractivity contribution in [2.75, 3.05) is 5.32 Å².